The van der Waals surface area contributed by atoms with Gasteiger partial charge in [-0.1, -0.05) is 6.42 Å². The Morgan fingerprint density at radius 1 is 1.26 bits per heavy atom. The van der Waals surface area contributed by atoms with Crippen LogP contribution < -0.4 is 11.0 Å². The van der Waals surface area contributed by atoms with Crippen molar-refractivity contribution >= 4 is 0 Å². The van der Waals surface area contributed by atoms with Gasteiger partial charge < -0.3 is 5.32 Å². The van der Waals surface area contributed by atoms with Gasteiger partial charge in [-0.25, -0.2) is 18.9 Å². The van der Waals surface area contributed by atoms with Gasteiger partial charge in [-0.2, -0.15) is 5.10 Å². The summed E-state index contributed by atoms with van der Waals surface area (Å²) in [7, 11) is 0. The zero-order chi connectivity index (χ0) is 13.2. The maximum absolute atomic E-state index is 13.0. The second kappa shape index (κ2) is 4.97. The number of nitrogens with one attached hydrogen (secondary N) is 2. The van der Waals surface area contributed by atoms with Crippen molar-refractivity contribution in [3.63, 3.8) is 0 Å². The molecule has 19 heavy (non-hydrogen) atoms. The molecule has 1 aliphatic heterocycles. The summed E-state index contributed by atoms with van der Waals surface area (Å²) in [6.07, 6.45) is 3.20. The molecule has 0 spiro atoms. The Kier molecular flexibility index (Phi) is 3.16. The Balaban J connectivity index is 2.02. The van der Waals surface area contributed by atoms with Gasteiger partial charge in [-0.05, 0) is 43.7 Å². The van der Waals surface area contributed by atoms with Crippen molar-refractivity contribution in [1.82, 2.24) is 20.1 Å². The molecule has 0 bridgehead atoms. The summed E-state index contributed by atoms with van der Waals surface area (Å²) in [5, 5.41) is 9.93. The molecule has 1 atom stereocenters. The molecule has 1 aromatic carbocycles. The molecule has 1 fully saturated rings. The minimum absolute atomic E-state index is 0.0674. The second-order valence-corrected chi connectivity index (χ2v) is 4.70. The fourth-order valence-corrected chi connectivity index (χ4v) is 2.45. The van der Waals surface area contributed by atoms with Gasteiger partial charge in [-0.15, -0.1) is 0 Å². The third kappa shape index (κ3) is 2.31. The third-order valence-corrected chi connectivity index (χ3v) is 3.41. The highest BCUT2D eigenvalue weighted by Gasteiger charge is 2.22. The molecule has 6 heteroatoms. The van der Waals surface area contributed by atoms with Gasteiger partial charge in [0.15, 0.2) is 5.82 Å². The van der Waals surface area contributed by atoms with Crippen molar-refractivity contribution in [1.29, 1.82) is 0 Å². The van der Waals surface area contributed by atoms with Crippen molar-refractivity contribution in [2.45, 2.75) is 25.3 Å². The first-order valence-electron chi connectivity index (χ1n) is 6.42. The minimum Gasteiger partial charge on any atom is -0.307 e. The van der Waals surface area contributed by atoms with Crippen LogP contribution in [0.3, 0.4) is 0 Å². The van der Waals surface area contributed by atoms with Gasteiger partial charge in [-0.3, -0.25) is 0 Å². The molecule has 100 valence electrons. The highest BCUT2D eigenvalue weighted by atomic mass is 19.1. The van der Waals surface area contributed by atoms with Crippen LogP contribution in [0.1, 0.15) is 31.1 Å². The normalized spacial score (nSPS) is 19.5. The number of aromatic nitrogens is 3. The summed E-state index contributed by atoms with van der Waals surface area (Å²) >= 11 is 0. The molecule has 1 unspecified atom stereocenters. The Bertz CT molecular complexity index is 610. The fraction of sp³-hybridized carbons (Fsp3) is 0.385. The SMILES string of the molecule is O=c1[nH]nc(C2CCCCN2)n1-c1ccc(F)cc1. The van der Waals surface area contributed by atoms with Crippen molar-refractivity contribution in [3.8, 4) is 5.69 Å². The summed E-state index contributed by atoms with van der Waals surface area (Å²) in [6.45, 7) is 0.926. The van der Waals surface area contributed by atoms with Crippen LogP contribution in [0.25, 0.3) is 5.69 Å². The molecule has 1 aromatic heterocycles. The molecular weight excluding hydrogens is 247 g/mol. The number of halogens is 1. The van der Waals surface area contributed by atoms with Gasteiger partial charge >= 0.3 is 5.69 Å². The van der Waals surface area contributed by atoms with E-state index < -0.39 is 0 Å². The number of aromatic amines is 1. The smallest absolute Gasteiger partial charge is 0.307 e. The molecule has 2 N–H and O–H groups in total. The van der Waals surface area contributed by atoms with E-state index in [1.54, 1.807) is 12.1 Å². The lowest BCUT2D eigenvalue weighted by molar-refractivity contribution is 0.393. The first-order valence-corrected chi connectivity index (χ1v) is 6.42. The van der Waals surface area contributed by atoms with E-state index in [1.165, 1.54) is 16.7 Å². The molecule has 1 saturated heterocycles. The Labute approximate surface area is 109 Å². The van der Waals surface area contributed by atoms with E-state index in [1.807, 2.05) is 0 Å². The molecule has 3 rings (SSSR count). The minimum atomic E-state index is -0.322. The van der Waals surface area contributed by atoms with Crippen molar-refractivity contribution in [2.24, 2.45) is 0 Å². The van der Waals surface area contributed by atoms with E-state index in [4.69, 9.17) is 0 Å². The monoisotopic (exact) mass is 262 g/mol. The lowest BCUT2D eigenvalue weighted by atomic mass is 10.0. The lowest BCUT2D eigenvalue weighted by Crippen LogP contribution is -2.30. The number of hydrogen-bond donors (Lipinski definition) is 2. The average Bonchev–Trinajstić information content (AvgIpc) is 2.83. The van der Waals surface area contributed by atoms with Crippen molar-refractivity contribution in [2.75, 3.05) is 6.54 Å². The van der Waals surface area contributed by atoms with Gasteiger partial charge in [0.1, 0.15) is 5.82 Å². The highest BCUT2D eigenvalue weighted by molar-refractivity contribution is 5.33. The summed E-state index contributed by atoms with van der Waals surface area (Å²) in [5.41, 5.74) is 0.330. The summed E-state index contributed by atoms with van der Waals surface area (Å²) in [6, 6.07) is 5.91. The quantitative estimate of drug-likeness (QED) is 0.862. The fourth-order valence-electron chi connectivity index (χ4n) is 2.45. The Hall–Kier alpha value is -1.95. The summed E-state index contributed by atoms with van der Waals surface area (Å²) in [4.78, 5) is 11.9. The molecule has 2 heterocycles. The van der Waals surface area contributed by atoms with E-state index in [-0.39, 0.29) is 17.5 Å². The van der Waals surface area contributed by atoms with Crippen LogP contribution in [0.5, 0.6) is 0 Å². The maximum atomic E-state index is 13.0. The predicted octanol–water partition coefficient (Wildman–Crippen LogP) is 1.51. The maximum Gasteiger partial charge on any atom is 0.347 e. The van der Waals surface area contributed by atoms with Crippen molar-refractivity contribution in [3.05, 3.63) is 46.4 Å². The van der Waals surface area contributed by atoms with E-state index in [9.17, 15) is 9.18 Å². The van der Waals surface area contributed by atoms with Gasteiger partial charge in [0, 0.05) is 0 Å². The number of nitrogens with zero attached hydrogens (tertiary/aromatic N) is 2. The molecule has 0 radical (unpaired) electrons. The van der Waals surface area contributed by atoms with E-state index in [0.29, 0.717) is 11.5 Å². The first-order chi connectivity index (χ1) is 9.25. The molecule has 1 aliphatic rings. The van der Waals surface area contributed by atoms with Crippen LogP contribution in [0.2, 0.25) is 0 Å². The second-order valence-electron chi connectivity index (χ2n) is 4.70. The van der Waals surface area contributed by atoms with Crippen LogP contribution in [-0.2, 0) is 0 Å². The zero-order valence-electron chi connectivity index (χ0n) is 10.4. The van der Waals surface area contributed by atoms with Gasteiger partial charge in [0.2, 0.25) is 0 Å². The number of rotatable bonds is 2. The van der Waals surface area contributed by atoms with E-state index in [2.05, 4.69) is 15.5 Å². The van der Waals surface area contributed by atoms with Crippen molar-refractivity contribution < 1.29 is 4.39 Å². The molecule has 0 aliphatic carbocycles. The number of H-pyrrole nitrogens is 1. The standard InChI is InChI=1S/C13H15FN4O/c14-9-4-6-10(7-5-9)18-12(16-17-13(18)19)11-3-1-2-8-15-11/h4-7,11,15H,1-3,8H2,(H,17,19). The zero-order valence-corrected chi connectivity index (χ0v) is 10.4. The van der Waals surface area contributed by atoms with Crippen LogP contribution in [-0.4, -0.2) is 21.3 Å². The Morgan fingerprint density at radius 2 is 2.05 bits per heavy atom. The van der Waals surface area contributed by atoms with Crippen LogP contribution >= 0.6 is 0 Å². The Morgan fingerprint density at radius 3 is 2.74 bits per heavy atom. The third-order valence-electron chi connectivity index (χ3n) is 3.41. The number of piperidine rings is 1. The van der Waals surface area contributed by atoms with Crippen LogP contribution in [0.4, 0.5) is 4.39 Å². The first kappa shape index (κ1) is 12.1. The lowest BCUT2D eigenvalue weighted by Gasteiger charge is -2.22. The molecule has 5 nitrogen and oxygen atoms in total. The molecule has 2 aromatic rings. The number of hydrogen-bond acceptors (Lipinski definition) is 3. The topological polar surface area (TPSA) is 62.7 Å². The molecular formula is C13H15FN4O. The number of benzene rings is 1. The van der Waals surface area contributed by atoms with Gasteiger partial charge in [0.05, 0.1) is 11.7 Å². The predicted molar refractivity (Wildman–Crippen MR) is 68.7 cm³/mol. The highest BCUT2D eigenvalue weighted by Crippen LogP contribution is 2.22. The average molecular weight is 262 g/mol. The van der Waals surface area contributed by atoms with Gasteiger partial charge in [0.25, 0.3) is 0 Å². The van der Waals surface area contributed by atoms with E-state index in [0.717, 1.165) is 25.8 Å². The molecule has 0 amide bonds. The molecule has 0 saturated carbocycles. The van der Waals surface area contributed by atoms with E-state index >= 15 is 0 Å². The van der Waals surface area contributed by atoms with Crippen LogP contribution in [0, 0.1) is 5.82 Å². The summed E-state index contributed by atoms with van der Waals surface area (Å²) in [5.74, 6) is 0.342. The van der Waals surface area contributed by atoms with Crippen LogP contribution in [0.15, 0.2) is 29.1 Å². The summed E-state index contributed by atoms with van der Waals surface area (Å²) < 4.78 is 14.5. The largest absolute Gasteiger partial charge is 0.347 e.